The van der Waals surface area contributed by atoms with Crippen molar-refractivity contribution in [1.82, 2.24) is 0 Å². The first kappa shape index (κ1) is 11.3. The smallest absolute Gasteiger partial charge is 0.0819 e. The van der Waals surface area contributed by atoms with Crippen molar-refractivity contribution in [2.45, 2.75) is 38.2 Å². The Bertz CT molecular complexity index is 370. The molecule has 88 valence electrons. The Hall–Kier alpha value is -1.22. The van der Waals surface area contributed by atoms with Crippen molar-refractivity contribution in [3.63, 3.8) is 0 Å². The maximum atomic E-state index is 10.2. The first-order valence-electron chi connectivity index (χ1n) is 5.92. The van der Waals surface area contributed by atoms with Gasteiger partial charge in [-0.2, -0.15) is 0 Å². The molecule has 1 aromatic rings. The zero-order valence-electron chi connectivity index (χ0n) is 9.79. The van der Waals surface area contributed by atoms with Crippen LogP contribution in [0.3, 0.4) is 0 Å². The number of benzene rings is 1. The van der Waals surface area contributed by atoms with E-state index < -0.39 is 5.60 Å². The van der Waals surface area contributed by atoms with Crippen molar-refractivity contribution in [2.75, 3.05) is 17.6 Å². The fourth-order valence-corrected chi connectivity index (χ4v) is 2.30. The first-order valence-corrected chi connectivity index (χ1v) is 5.92. The molecule has 2 rings (SSSR count). The Morgan fingerprint density at radius 2 is 2.06 bits per heavy atom. The number of rotatable bonds is 3. The summed E-state index contributed by atoms with van der Waals surface area (Å²) in [5.41, 5.74) is 8.22. The van der Waals surface area contributed by atoms with E-state index in [-0.39, 0.29) is 0 Å². The fourth-order valence-electron chi connectivity index (χ4n) is 2.30. The number of aliphatic hydroxyl groups is 1. The second-order valence-corrected chi connectivity index (χ2v) is 4.82. The third kappa shape index (κ3) is 2.30. The minimum atomic E-state index is -0.532. The molecule has 1 aliphatic rings. The van der Waals surface area contributed by atoms with Gasteiger partial charge >= 0.3 is 0 Å². The van der Waals surface area contributed by atoms with Gasteiger partial charge in [-0.1, -0.05) is 25.0 Å². The summed E-state index contributed by atoms with van der Waals surface area (Å²) in [4.78, 5) is 0. The molecule has 0 heterocycles. The highest BCUT2D eigenvalue weighted by Crippen LogP contribution is 2.30. The minimum Gasteiger partial charge on any atom is -0.397 e. The van der Waals surface area contributed by atoms with Gasteiger partial charge < -0.3 is 16.2 Å². The van der Waals surface area contributed by atoms with E-state index >= 15 is 0 Å². The van der Waals surface area contributed by atoms with Gasteiger partial charge in [0.25, 0.3) is 0 Å². The number of nitrogens with two attached hydrogens (primary N) is 1. The van der Waals surface area contributed by atoms with Crippen LogP contribution >= 0.6 is 0 Å². The third-order valence-corrected chi connectivity index (χ3v) is 3.47. The van der Waals surface area contributed by atoms with E-state index in [2.05, 4.69) is 5.32 Å². The Morgan fingerprint density at radius 3 is 2.75 bits per heavy atom. The van der Waals surface area contributed by atoms with Gasteiger partial charge in [-0.15, -0.1) is 0 Å². The van der Waals surface area contributed by atoms with Crippen molar-refractivity contribution in [3.8, 4) is 0 Å². The van der Waals surface area contributed by atoms with Crippen molar-refractivity contribution in [2.24, 2.45) is 0 Å². The second kappa shape index (κ2) is 4.34. The van der Waals surface area contributed by atoms with Crippen LogP contribution in [0.1, 0.15) is 31.2 Å². The lowest BCUT2D eigenvalue weighted by molar-refractivity contribution is 0.0615. The van der Waals surface area contributed by atoms with Crippen LogP contribution in [0, 0.1) is 6.92 Å². The molecule has 0 spiro atoms. The molecule has 0 unspecified atom stereocenters. The minimum absolute atomic E-state index is 0.532. The molecule has 0 atom stereocenters. The SMILES string of the molecule is Cc1cccc(NCC2(O)CCCC2)c1N. The Labute approximate surface area is 96.7 Å². The van der Waals surface area contributed by atoms with Gasteiger partial charge in [0.1, 0.15) is 0 Å². The van der Waals surface area contributed by atoms with Gasteiger partial charge in [0.2, 0.25) is 0 Å². The number of nitrogen functional groups attached to an aromatic ring is 1. The van der Waals surface area contributed by atoms with Gasteiger partial charge in [0.15, 0.2) is 0 Å². The molecule has 1 saturated carbocycles. The first-order chi connectivity index (χ1) is 7.61. The van der Waals surface area contributed by atoms with Crippen LogP contribution < -0.4 is 11.1 Å². The van der Waals surface area contributed by atoms with E-state index in [0.29, 0.717) is 6.54 Å². The number of hydrogen-bond acceptors (Lipinski definition) is 3. The van der Waals surface area contributed by atoms with Crippen LogP contribution in [-0.2, 0) is 0 Å². The molecule has 1 fully saturated rings. The summed E-state index contributed by atoms with van der Waals surface area (Å²) in [6.45, 7) is 2.59. The van der Waals surface area contributed by atoms with Crippen molar-refractivity contribution < 1.29 is 5.11 Å². The molecular formula is C13H20N2O. The van der Waals surface area contributed by atoms with E-state index in [1.807, 2.05) is 25.1 Å². The largest absolute Gasteiger partial charge is 0.397 e. The maximum Gasteiger partial charge on any atom is 0.0819 e. The monoisotopic (exact) mass is 220 g/mol. The van der Waals surface area contributed by atoms with Crippen molar-refractivity contribution in [3.05, 3.63) is 23.8 Å². The predicted molar refractivity (Wildman–Crippen MR) is 67.5 cm³/mol. The lowest BCUT2D eigenvalue weighted by Crippen LogP contribution is -2.33. The van der Waals surface area contributed by atoms with Crippen LogP contribution in [0.4, 0.5) is 11.4 Å². The summed E-state index contributed by atoms with van der Waals surface area (Å²) >= 11 is 0. The molecule has 3 heteroatoms. The van der Waals surface area contributed by atoms with E-state index in [9.17, 15) is 5.11 Å². The molecule has 0 aliphatic heterocycles. The van der Waals surface area contributed by atoms with Crippen LogP contribution in [0.25, 0.3) is 0 Å². The molecule has 0 radical (unpaired) electrons. The van der Waals surface area contributed by atoms with E-state index in [1.54, 1.807) is 0 Å². The molecule has 3 nitrogen and oxygen atoms in total. The van der Waals surface area contributed by atoms with Gasteiger partial charge in [-0.25, -0.2) is 0 Å². The van der Waals surface area contributed by atoms with Gasteiger partial charge in [-0.05, 0) is 31.4 Å². The normalized spacial score (nSPS) is 18.6. The van der Waals surface area contributed by atoms with Crippen LogP contribution in [0.5, 0.6) is 0 Å². The molecule has 0 aromatic heterocycles. The summed E-state index contributed by atoms with van der Waals surface area (Å²) in [6, 6.07) is 5.93. The quantitative estimate of drug-likeness (QED) is 0.685. The molecule has 1 aliphatic carbocycles. The summed E-state index contributed by atoms with van der Waals surface area (Å²) in [7, 11) is 0. The number of nitrogens with one attached hydrogen (secondary N) is 1. The summed E-state index contributed by atoms with van der Waals surface area (Å²) < 4.78 is 0. The van der Waals surface area contributed by atoms with Gasteiger partial charge in [0.05, 0.1) is 17.0 Å². The zero-order valence-corrected chi connectivity index (χ0v) is 9.79. The van der Waals surface area contributed by atoms with E-state index in [0.717, 1.165) is 42.6 Å². The number of aryl methyl sites for hydroxylation is 1. The van der Waals surface area contributed by atoms with Crippen LogP contribution in [-0.4, -0.2) is 17.3 Å². The number of anilines is 2. The molecular weight excluding hydrogens is 200 g/mol. The molecule has 1 aromatic carbocycles. The Balaban J connectivity index is 2.02. The van der Waals surface area contributed by atoms with Gasteiger partial charge in [-0.3, -0.25) is 0 Å². The lowest BCUT2D eigenvalue weighted by atomic mass is 10.0. The number of hydrogen-bond donors (Lipinski definition) is 3. The van der Waals surface area contributed by atoms with Crippen molar-refractivity contribution >= 4 is 11.4 Å². The summed E-state index contributed by atoms with van der Waals surface area (Å²) in [5, 5.41) is 13.5. The Morgan fingerprint density at radius 1 is 1.38 bits per heavy atom. The highest BCUT2D eigenvalue weighted by atomic mass is 16.3. The second-order valence-electron chi connectivity index (χ2n) is 4.82. The van der Waals surface area contributed by atoms with Crippen molar-refractivity contribution in [1.29, 1.82) is 0 Å². The number of para-hydroxylation sites is 1. The van der Waals surface area contributed by atoms with Crippen LogP contribution in [0.2, 0.25) is 0 Å². The lowest BCUT2D eigenvalue weighted by Gasteiger charge is -2.23. The third-order valence-electron chi connectivity index (χ3n) is 3.47. The molecule has 0 bridgehead atoms. The van der Waals surface area contributed by atoms with Crippen LogP contribution in [0.15, 0.2) is 18.2 Å². The Kier molecular flexibility index (Phi) is 3.06. The zero-order chi connectivity index (χ0) is 11.6. The van der Waals surface area contributed by atoms with Gasteiger partial charge in [0, 0.05) is 6.54 Å². The topological polar surface area (TPSA) is 58.3 Å². The fraction of sp³-hybridized carbons (Fsp3) is 0.538. The molecule has 4 N–H and O–H groups in total. The molecule has 16 heavy (non-hydrogen) atoms. The maximum absolute atomic E-state index is 10.2. The van der Waals surface area contributed by atoms with E-state index in [1.165, 1.54) is 0 Å². The highest BCUT2D eigenvalue weighted by molar-refractivity contribution is 5.69. The average molecular weight is 220 g/mol. The van der Waals surface area contributed by atoms with E-state index in [4.69, 9.17) is 5.73 Å². The molecule has 0 saturated heterocycles. The predicted octanol–water partition coefficient (Wildman–Crippen LogP) is 2.29. The summed E-state index contributed by atoms with van der Waals surface area (Å²) in [5.74, 6) is 0. The summed E-state index contributed by atoms with van der Waals surface area (Å²) in [6.07, 6.45) is 4.04. The molecule has 0 amide bonds. The highest BCUT2D eigenvalue weighted by Gasteiger charge is 2.30. The standard InChI is InChI=1S/C13H20N2O/c1-10-5-4-6-11(12(10)14)15-9-13(16)7-2-3-8-13/h4-6,15-16H,2-3,7-9,14H2,1H3. The average Bonchev–Trinajstić information content (AvgIpc) is 2.68.